The third-order valence-corrected chi connectivity index (χ3v) is 4.65. The Kier molecular flexibility index (Phi) is 9.68. The molecule has 0 aromatic rings. The van der Waals surface area contributed by atoms with Crippen LogP contribution in [0.3, 0.4) is 0 Å². The standard InChI is InChI=1S/C17H35N3O/c1-4-19(5-2)14-9-15-20(6-3)17(21)12-11-16-10-7-8-13-18-16/h16,18H,4-15H2,1-3H3. The molecule has 1 saturated heterocycles. The van der Waals surface area contributed by atoms with E-state index in [4.69, 9.17) is 0 Å². The Bertz CT molecular complexity index is 273. The van der Waals surface area contributed by atoms with E-state index in [1.165, 1.54) is 19.3 Å². The van der Waals surface area contributed by atoms with Crippen LogP contribution < -0.4 is 5.32 Å². The zero-order chi connectivity index (χ0) is 15.5. The van der Waals surface area contributed by atoms with Crippen molar-refractivity contribution in [3.63, 3.8) is 0 Å². The van der Waals surface area contributed by atoms with Crippen LogP contribution in [0.5, 0.6) is 0 Å². The minimum atomic E-state index is 0.337. The van der Waals surface area contributed by atoms with Gasteiger partial charge < -0.3 is 15.1 Å². The van der Waals surface area contributed by atoms with E-state index in [9.17, 15) is 4.79 Å². The third-order valence-electron chi connectivity index (χ3n) is 4.65. The molecule has 1 amide bonds. The second-order valence-corrected chi connectivity index (χ2v) is 6.04. The predicted molar refractivity (Wildman–Crippen MR) is 89.5 cm³/mol. The van der Waals surface area contributed by atoms with Crippen LogP contribution in [0.15, 0.2) is 0 Å². The summed E-state index contributed by atoms with van der Waals surface area (Å²) in [4.78, 5) is 16.8. The summed E-state index contributed by atoms with van der Waals surface area (Å²) in [6.45, 7) is 12.7. The maximum absolute atomic E-state index is 12.3. The molecular weight excluding hydrogens is 262 g/mol. The fraction of sp³-hybridized carbons (Fsp3) is 0.941. The summed E-state index contributed by atoms with van der Waals surface area (Å²) < 4.78 is 0. The number of carbonyl (C=O) groups excluding carboxylic acids is 1. The topological polar surface area (TPSA) is 35.6 Å². The van der Waals surface area contributed by atoms with Crippen molar-refractivity contribution >= 4 is 5.91 Å². The summed E-state index contributed by atoms with van der Waals surface area (Å²) in [7, 11) is 0. The van der Waals surface area contributed by atoms with Crippen LogP contribution in [-0.2, 0) is 4.79 Å². The molecular formula is C17H35N3O. The van der Waals surface area contributed by atoms with Crippen LogP contribution in [0.25, 0.3) is 0 Å². The van der Waals surface area contributed by atoms with Gasteiger partial charge in [-0.05, 0) is 58.8 Å². The number of rotatable bonds is 10. The van der Waals surface area contributed by atoms with Crippen molar-refractivity contribution in [2.24, 2.45) is 0 Å². The first kappa shape index (κ1) is 18.4. The minimum Gasteiger partial charge on any atom is -0.343 e. The summed E-state index contributed by atoms with van der Waals surface area (Å²) in [5.74, 6) is 0.337. The summed E-state index contributed by atoms with van der Waals surface area (Å²) in [5.41, 5.74) is 0. The average molecular weight is 297 g/mol. The van der Waals surface area contributed by atoms with Gasteiger partial charge in [-0.2, -0.15) is 0 Å². The molecule has 0 bridgehead atoms. The lowest BCUT2D eigenvalue weighted by atomic mass is 10.0. The Labute approximate surface area is 131 Å². The highest BCUT2D eigenvalue weighted by Crippen LogP contribution is 2.12. The Morgan fingerprint density at radius 1 is 1.10 bits per heavy atom. The maximum Gasteiger partial charge on any atom is 0.222 e. The fourth-order valence-electron chi connectivity index (χ4n) is 3.11. The van der Waals surface area contributed by atoms with E-state index in [1.54, 1.807) is 0 Å². The van der Waals surface area contributed by atoms with E-state index in [-0.39, 0.29) is 0 Å². The van der Waals surface area contributed by atoms with Gasteiger partial charge in [-0.1, -0.05) is 20.3 Å². The average Bonchev–Trinajstić information content (AvgIpc) is 2.54. The second-order valence-electron chi connectivity index (χ2n) is 6.04. The molecule has 1 aliphatic heterocycles. The summed E-state index contributed by atoms with van der Waals surface area (Å²) in [5, 5.41) is 3.53. The number of hydrogen-bond acceptors (Lipinski definition) is 3. The van der Waals surface area contributed by atoms with E-state index in [0.29, 0.717) is 18.4 Å². The Hall–Kier alpha value is -0.610. The lowest BCUT2D eigenvalue weighted by molar-refractivity contribution is -0.131. The number of piperidine rings is 1. The zero-order valence-electron chi connectivity index (χ0n) is 14.4. The van der Waals surface area contributed by atoms with Crippen LogP contribution in [0, 0.1) is 0 Å². The molecule has 21 heavy (non-hydrogen) atoms. The largest absolute Gasteiger partial charge is 0.343 e. The molecule has 1 heterocycles. The van der Waals surface area contributed by atoms with Crippen molar-refractivity contribution in [3.8, 4) is 0 Å². The Morgan fingerprint density at radius 3 is 2.43 bits per heavy atom. The third kappa shape index (κ3) is 7.28. The van der Waals surface area contributed by atoms with E-state index in [0.717, 1.165) is 52.1 Å². The molecule has 1 atom stereocenters. The molecule has 0 aromatic heterocycles. The van der Waals surface area contributed by atoms with Gasteiger partial charge in [0.2, 0.25) is 5.91 Å². The van der Waals surface area contributed by atoms with Gasteiger partial charge >= 0.3 is 0 Å². The molecule has 0 aliphatic carbocycles. The number of hydrogen-bond donors (Lipinski definition) is 1. The second kappa shape index (κ2) is 11.0. The van der Waals surface area contributed by atoms with Gasteiger partial charge in [0, 0.05) is 25.6 Å². The van der Waals surface area contributed by atoms with E-state index in [1.807, 2.05) is 4.90 Å². The van der Waals surface area contributed by atoms with Gasteiger partial charge in [0.15, 0.2) is 0 Å². The highest BCUT2D eigenvalue weighted by Gasteiger charge is 2.17. The normalized spacial score (nSPS) is 19.0. The van der Waals surface area contributed by atoms with Gasteiger partial charge in [0.25, 0.3) is 0 Å². The fourth-order valence-corrected chi connectivity index (χ4v) is 3.11. The van der Waals surface area contributed by atoms with Crippen molar-refractivity contribution in [1.82, 2.24) is 15.1 Å². The van der Waals surface area contributed by atoms with Gasteiger partial charge in [0.05, 0.1) is 0 Å². The molecule has 1 rings (SSSR count). The van der Waals surface area contributed by atoms with Crippen LogP contribution in [-0.4, -0.2) is 61.0 Å². The van der Waals surface area contributed by atoms with Crippen molar-refractivity contribution in [2.75, 3.05) is 39.3 Å². The first-order valence-electron chi connectivity index (χ1n) is 8.94. The zero-order valence-corrected chi connectivity index (χ0v) is 14.4. The molecule has 0 spiro atoms. The SMILES string of the molecule is CCN(CC)CCCN(CC)C(=O)CCC1CCCCN1. The molecule has 0 aromatic carbocycles. The summed E-state index contributed by atoms with van der Waals surface area (Å²) in [6.07, 6.45) is 6.64. The number of amides is 1. The quantitative estimate of drug-likeness (QED) is 0.673. The van der Waals surface area contributed by atoms with Crippen molar-refractivity contribution < 1.29 is 4.79 Å². The Balaban J connectivity index is 2.21. The van der Waals surface area contributed by atoms with Crippen LogP contribution >= 0.6 is 0 Å². The van der Waals surface area contributed by atoms with Crippen molar-refractivity contribution in [3.05, 3.63) is 0 Å². The van der Waals surface area contributed by atoms with E-state index < -0.39 is 0 Å². The van der Waals surface area contributed by atoms with Crippen LogP contribution in [0.2, 0.25) is 0 Å². The molecule has 0 saturated carbocycles. The van der Waals surface area contributed by atoms with Crippen LogP contribution in [0.4, 0.5) is 0 Å². The molecule has 1 unspecified atom stereocenters. The minimum absolute atomic E-state index is 0.337. The first-order chi connectivity index (χ1) is 10.2. The molecule has 124 valence electrons. The molecule has 0 radical (unpaired) electrons. The summed E-state index contributed by atoms with van der Waals surface area (Å²) in [6, 6.07) is 0.567. The maximum atomic E-state index is 12.3. The number of carbonyl (C=O) groups is 1. The lowest BCUT2D eigenvalue weighted by Gasteiger charge is -2.26. The summed E-state index contributed by atoms with van der Waals surface area (Å²) >= 11 is 0. The van der Waals surface area contributed by atoms with Gasteiger partial charge in [-0.3, -0.25) is 4.79 Å². The number of nitrogens with zero attached hydrogens (tertiary/aromatic N) is 2. The first-order valence-corrected chi connectivity index (χ1v) is 8.94. The van der Waals surface area contributed by atoms with Gasteiger partial charge in [-0.25, -0.2) is 0 Å². The van der Waals surface area contributed by atoms with Crippen LogP contribution in [0.1, 0.15) is 59.3 Å². The van der Waals surface area contributed by atoms with Gasteiger partial charge in [-0.15, -0.1) is 0 Å². The number of nitrogens with one attached hydrogen (secondary N) is 1. The molecule has 1 fully saturated rings. The van der Waals surface area contributed by atoms with E-state index >= 15 is 0 Å². The monoisotopic (exact) mass is 297 g/mol. The van der Waals surface area contributed by atoms with Crippen molar-refractivity contribution in [1.29, 1.82) is 0 Å². The van der Waals surface area contributed by atoms with Gasteiger partial charge in [0.1, 0.15) is 0 Å². The smallest absolute Gasteiger partial charge is 0.222 e. The molecule has 1 aliphatic rings. The van der Waals surface area contributed by atoms with Crippen molar-refractivity contribution in [2.45, 2.75) is 65.3 Å². The molecule has 1 N–H and O–H groups in total. The van der Waals surface area contributed by atoms with E-state index in [2.05, 4.69) is 31.0 Å². The molecule has 4 heteroatoms. The molecule has 4 nitrogen and oxygen atoms in total. The Morgan fingerprint density at radius 2 is 1.86 bits per heavy atom. The highest BCUT2D eigenvalue weighted by atomic mass is 16.2. The lowest BCUT2D eigenvalue weighted by Crippen LogP contribution is -2.37. The highest BCUT2D eigenvalue weighted by molar-refractivity contribution is 5.76. The predicted octanol–water partition coefficient (Wildman–Crippen LogP) is 2.49.